The van der Waals surface area contributed by atoms with Crippen molar-refractivity contribution in [1.82, 2.24) is 0 Å². The van der Waals surface area contributed by atoms with Gasteiger partial charge < -0.3 is 5.32 Å². The number of carbonyl (C=O) groups is 1. The molecule has 66 valence electrons. The number of amides is 1. The van der Waals surface area contributed by atoms with Crippen LogP contribution in [0.15, 0.2) is 23.2 Å². The second-order valence-corrected chi connectivity index (χ2v) is 3.19. The van der Waals surface area contributed by atoms with Crippen LogP contribution in [0, 0.1) is 0 Å². The molecular weight excluding hydrogens is 188 g/mol. The van der Waals surface area contributed by atoms with E-state index in [4.69, 9.17) is 11.6 Å². The molecule has 0 aromatic heterocycles. The molecule has 0 fully saturated rings. The molecule has 1 heterocycles. The van der Waals surface area contributed by atoms with Crippen molar-refractivity contribution in [1.29, 1.82) is 0 Å². The number of benzene rings is 1. The quantitative estimate of drug-likeness (QED) is 0.671. The molecule has 1 amide bonds. The minimum atomic E-state index is -0.0997. The molecule has 1 N–H and O–H groups in total. The largest absolute Gasteiger partial charge is 0.324 e. The lowest BCUT2D eigenvalue weighted by Gasteiger charge is -2.03. The van der Waals surface area contributed by atoms with Crippen LogP contribution >= 0.6 is 11.6 Å². The fourth-order valence-corrected chi connectivity index (χ4v) is 1.35. The standard InChI is InChI=1S/C9H7ClN2O/c10-7-1-2-8-6(3-7)4-11-5-9(13)12-8/h1-4H,5H2,(H,12,13). The van der Waals surface area contributed by atoms with Crippen LogP contribution in [0.4, 0.5) is 5.69 Å². The molecule has 1 aromatic rings. The minimum Gasteiger partial charge on any atom is -0.324 e. The van der Waals surface area contributed by atoms with Crippen molar-refractivity contribution in [3.8, 4) is 0 Å². The van der Waals surface area contributed by atoms with E-state index < -0.39 is 0 Å². The monoisotopic (exact) mass is 194 g/mol. The maximum absolute atomic E-state index is 11.1. The Morgan fingerprint density at radius 2 is 2.31 bits per heavy atom. The molecule has 0 radical (unpaired) electrons. The van der Waals surface area contributed by atoms with E-state index in [0.717, 1.165) is 11.3 Å². The zero-order chi connectivity index (χ0) is 9.26. The molecule has 1 aliphatic rings. The van der Waals surface area contributed by atoms with Crippen LogP contribution < -0.4 is 5.32 Å². The van der Waals surface area contributed by atoms with Gasteiger partial charge in [-0.05, 0) is 18.2 Å². The first-order chi connectivity index (χ1) is 6.25. The van der Waals surface area contributed by atoms with Gasteiger partial charge in [-0.3, -0.25) is 9.79 Å². The highest BCUT2D eigenvalue weighted by Gasteiger charge is 2.08. The number of carbonyl (C=O) groups excluding carboxylic acids is 1. The summed E-state index contributed by atoms with van der Waals surface area (Å²) in [6, 6.07) is 5.28. The summed E-state index contributed by atoms with van der Waals surface area (Å²) in [6.45, 7) is 0.173. The first kappa shape index (κ1) is 8.26. The van der Waals surface area contributed by atoms with Gasteiger partial charge in [0.15, 0.2) is 0 Å². The van der Waals surface area contributed by atoms with E-state index in [1.54, 1.807) is 24.4 Å². The highest BCUT2D eigenvalue weighted by molar-refractivity contribution is 6.31. The summed E-state index contributed by atoms with van der Waals surface area (Å²) in [6.07, 6.45) is 1.65. The Balaban J connectivity index is 2.49. The average Bonchev–Trinajstić information content (AvgIpc) is 2.25. The summed E-state index contributed by atoms with van der Waals surface area (Å²) in [5.74, 6) is -0.0997. The Hall–Kier alpha value is -1.35. The summed E-state index contributed by atoms with van der Waals surface area (Å²) in [5, 5.41) is 3.37. The van der Waals surface area contributed by atoms with Crippen molar-refractivity contribution in [2.75, 3.05) is 11.9 Å². The van der Waals surface area contributed by atoms with Gasteiger partial charge in [0.05, 0.1) is 0 Å². The maximum atomic E-state index is 11.1. The van der Waals surface area contributed by atoms with E-state index in [1.165, 1.54) is 0 Å². The Kier molecular flexibility index (Phi) is 2.02. The minimum absolute atomic E-state index is 0.0997. The molecule has 1 aliphatic heterocycles. The maximum Gasteiger partial charge on any atom is 0.246 e. The topological polar surface area (TPSA) is 41.5 Å². The molecule has 4 heteroatoms. The number of benzodiazepines with no additional fused rings is 1. The van der Waals surface area contributed by atoms with Gasteiger partial charge in [-0.25, -0.2) is 0 Å². The van der Waals surface area contributed by atoms with Crippen LogP contribution in [0.25, 0.3) is 0 Å². The number of hydrogen-bond acceptors (Lipinski definition) is 2. The summed E-state index contributed by atoms with van der Waals surface area (Å²) >= 11 is 5.79. The molecule has 1 aromatic carbocycles. The van der Waals surface area contributed by atoms with Crippen molar-refractivity contribution >= 4 is 29.4 Å². The van der Waals surface area contributed by atoms with Crippen molar-refractivity contribution in [2.45, 2.75) is 0 Å². The smallest absolute Gasteiger partial charge is 0.246 e. The fraction of sp³-hybridized carbons (Fsp3) is 0.111. The predicted molar refractivity (Wildman–Crippen MR) is 52.5 cm³/mol. The lowest BCUT2D eigenvalue weighted by Crippen LogP contribution is -2.13. The summed E-state index contributed by atoms with van der Waals surface area (Å²) in [5.41, 5.74) is 1.61. The van der Waals surface area contributed by atoms with E-state index >= 15 is 0 Å². The molecular formula is C9H7ClN2O. The summed E-state index contributed by atoms with van der Waals surface area (Å²) < 4.78 is 0. The third kappa shape index (κ3) is 1.70. The number of hydrogen-bond donors (Lipinski definition) is 1. The van der Waals surface area contributed by atoms with Crippen LogP contribution in [0.2, 0.25) is 5.02 Å². The lowest BCUT2D eigenvalue weighted by atomic mass is 10.2. The van der Waals surface area contributed by atoms with Gasteiger partial charge in [0.2, 0.25) is 5.91 Å². The highest BCUT2D eigenvalue weighted by atomic mass is 35.5. The van der Waals surface area contributed by atoms with Crippen molar-refractivity contribution in [2.24, 2.45) is 4.99 Å². The Morgan fingerprint density at radius 1 is 1.46 bits per heavy atom. The van der Waals surface area contributed by atoms with E-state index in [-0.39, 0.29) is 12.5 Å². The number of halogens is 1. The fourth-order valence-electron chi connectivity index (χ4n) is 1.17. The average molecular weight is 195 g/mol. The van der Waals surface area contributed by atoms with Gasteiger partial charge >= 0.3 is 0 Å². The molecule has 0 spiro atoms. The highest BCUT2D eigenvalue weighted by Crippen LogP contribution is 2.20. The van der Waals surface area contributed by atoms with Gasteiger partial charge in [0.1, 0.15) is 6.54 Å². The normalized spacial score (nSPS) is 14.7. The van der Waals surface area contributed by atoms with Gasteiger partial charge in [-0.1, -0.05) is 11.6 Å². The van der Waals surface area contributed by atoms with E-state index in [2.05, 4.69) is 10.3 Å². The van der Waals surface area contributed by atoms with Crippen LogP contribution in [-0.2, 0) is 4.79 Å². The number of anilines is 1. The van der Waals surface area contributed by atoms with Gasteiger partial charge in [-0.15, -0.1) is 0 Å². The third-order valence-corrected chi connectivity index (χ3v) is 1.99. The Morgan fingerprint density at radius 3 is 3.15 bits per heavy atom. The Labute approximate surface area is 80.4 Å². The zero-order valence-corrected chi connectivity index (χ0v) is 7.51. The molecule has 0 bridgehead atoms. The zero-order valence-electron chi connectivity index (χ0n) is 6.75. The molecule has 2 rings (SSSR count). The number of nitrogens with one attached hydrogen (secondary N) is 1. The molecule has 0 saturated carbocycles. The number of aliphatic imine (C=N–C) groups is 1. The van der Waals surface area contributed by atoms with Crippen LogP contribution in [0.5, 0.6) is 0 Å². The molecule has 0 saturated heterocycles. The van der Waals surface area contributed by atoms with Gasteiger partial charge in [-0.2, -0.15) is 0 Å². The van der Waals surface area contributed by atoms with E-state index in [0.29, 0.717) is 5.02 Å². The second-order valence-electron chi connectivity index (χ2n) is 2.75. The van der Waals surface area contributed by atoms with Crippen LogP contribution in [0.1, 0.15) is 5.56 Å². The van der Waals surface area contributed by atoms with Crippen molar-refractivity contribution < 1.29 is 4.79 Å². The number of fused-ring (bicyclic) bond motifs is 1. The first-order valence-electron chi connectivity index (χ1n) is 3.85. The van der Waals surface area contributed by atoms with Crippen molar-refractivity contribution in [3.63, 3.8) is 0 Å². The van der Waals surface area contributed by atoms with Gasteiger partial charge in [0.25, 0.3) is 0 Å². The van der Waals surface area contributed by atoms with E-state index in [9.17, 15) is 4.79 Å². The van der Waals surface area contributed by atoms with Crippen LogP contribution in [0.3, 0.4) is 0 Å². The molecule has 0 aliphatic carbocycles. The number of rotatable bonds is 0. The van der Waals surface area contributed by atoms with Crippen molar-refractivity contribution in [3.05, 3.63) is 28.8 Å². The Bertz CT molecular complexity index is 387. The predicted octanol–water partition coefficient (Wildman–Crippen LogP) is 1.71. The van der Waals surface area contributed by atoms with Crippen LogP contribution in [-0.4, -0.2) is 18.7 Å². The summed E-state index contributed by atoms with van der Waals surface area (Å²) in [7, 11) is 0. The molecule has 3 nitrogen and oxygen atoms in total. The van der Waals surface area contributed by atoms with Gasteiger partial charge in [0, 0.05) is 22.5 Å². The molecule has 0 atom stereocenters. The second kappa shape index (κ2) is 3.18. The summed E-state index contributed by atoms with van der Waals surface area (Å²) in [4.78, 5) is 15.0. The van der Waals surface area contributed by atoms with E-state index in [1.807, 2.05) is 0 Å². The molecule has 0 unspecified atom stereocenters. The number of nitrogens with zero attached hydrogens (tertiary/aromatic N) is 1. The third-order valence-electron chi connectivity index (χ3n) is 1.75. The first-order valence-corrected chi connectivity index (χ1v) is 4.23. The SMILES string of the molecule is O=C1CN=Cc2cc(Cl)ccc2N1. The lowest BCUT2D eigenvalue weighted by molar-refractivity contribution is -0.114. The molecule has 13 heavy (non-hydrogen) atoms.